The molecule has 0 unspecified atom stereocenters. The molecule has 3 N–H and O–H groups in total. The van der Waals surface area contributed by atoms with Crippen LogP contribution in [0.1, 0.15) is 11.1 Å². The Morgan fingerprint density at radius 1 is 0.958 bits per heavy atom. The highest BCUT2D eigenvalue weighted by Crippen LogP contribution is 2.21. The van der Waals surface area contributed by atoms with E-state index >= 15 is 0 Å². The van der Waals surface area contributed by atoms with Crippen LogP contribution in [-0.2, 0) is 13.1 Å². The summed E-state index contributed by atoms with van der Waals surface area (Å²) in [4.78, 5) is 0. The van der Waals surface area contributed by atoms with E-state index in [1.165, 1.54) is 0 Å². The molecule has 0 amide bonds. The van der Waals surface area contributed by atoms with E-state index in [2.05, 4.69) is 27.6 Å². The first kappa shape index (κ1) is 16.2. The van der Waals surface area contributed by atoms with E-state index in [0.717, 1.165) is 28.1 Å². The van der Waals surface area contributed by atoms with Gasteiger partial charge in [-0.3, -0.25) is 5.10 Å². The molecule has 0 aliphatic heterocycles. The van der Waals surface area contributed by atoms with Gasteiger partial charge in [-0.2, -0.15) is 5.10 Å². The molecule has 0 atom stereocenters. The van der Waals surface area contributed by atoms with Crippen LogP contribution in [0.2, 0.25) is 0 Å². The molecule has 0 spiro atoms. The number of benzene rings is 2. The minimum Gasteiger partial charge on any atom is -0.491 e. The van der Waals surface area contributed by atoms with Crippen LogP contribution in [0.15, 0.2) is 60.8 Å². The molecule has 124 valence electrons. The Hall–Kier alpha value is -2.63. The first-order chi connectivity index (χ1) is 11.9. The Labute approximate surface area is 141 Å². The Morgan fingerprint density at radius 2 is 1.71 bits per heavy atom. The van der Waals surface area contributed by atoms with Crippen LogP contribution in [0, 0.1) is 0 Å². The van der Waals surface area contributed by atoms with Gasteiger partial charge in [-0.05, 0) is 11.6 Å². The van der Waals surface area contributed by atoms with Crippen molar-refractivity contribution < 1.29 is 9.84 Å². The van der Waals surface area contributed by atoms with Crippen molar-refractivity contribution in [2.75, 3.05) is 13.2 Å². The molecule has 0 saturated carbocycles. The number of aliphatic hydroxyl groups excluding tert-OH is 1. The maximum atomic E-state index is 8.91. The molecule has 0 aliphatic carbocycles. The number of ether oxygens (including phenoxy) is 1. The lowest BCUT2D eigenvalue weighted by molar-refractivity contribution is 0.200. The average molecular weight is 323 g/mol. The molecule has 0 aliphatic rings. The largest absolute Gasteiger partial charge is 0.491 e. The Kier molecular flexibility index (Phi) is 5.61. The summed E-state index contributed by atoms with van der Waals surface area (Å²) < 4.78 is 5.56. The van der Waals surface area contributed by atoms with Crippen LogP contribution >= 0.6 is 0 Å². The third kappa shape index (κ3) is 4.01. The molecule has 1 aromatic heterocycles. The SMILES string of the molecule is OCCOc1ccccc1CNCc1cn[nH]c1-c1ccccc1. The minimum absolute atomic E-state index is 0.0111. The summed E-state index contributed by atoms with van der Waals surface area (Å²) in [5.74, 6) is 0.800. The molecule has 0 saturated heterocycles. The van der Waals surface area contributed by atoms with Crippen molar-refractivity contribution in [2.45, 2.75) is 13.1 Å². The summed E-state index contributed by atoms with van der Waals surface area (Å²) in [5.41, 5.74) is 4.34. The summed E-state index contributed by atoms with van der Waals surface area (Å²) in [5, 5.41) is 19.6. The zero-order chi connectivity index (χ0) is 16.6. The van der Waals surface area contributed by atoms with E-state index < -0.39 is 0 Å². The summed E-state index contributed by atoms with van der Waals surface area (Å²) in [6.07, 6.45) is 1.85. The smallest absolute Gasteiger partial charge is 0.123 e. The highest BCUT2D eigenvalue weighted by atomic mass is 16.5. The zero-order valence-corrected chi connectivity index (χ0v) is 13.4. The number of para-hydroxylation sites is 1. The molecule has 24 heavy (non-hydrogen) atoms. The third-order valence-corrected chi connectivity index (χ3v) is 3.73. The van der Waals surface area contributed by atoms with Gasteiger partial charge in [0, 0.05) is 24.2 Å². The number of rotatable bonds is 8. The van der Waals surface area contributed by atoms with Crippen LogP contribution in [0.3, 0.4) is 0 Å². The lowest BCUT2D eigenvalue weighted by atomic mass is 10.1. The van der Waals surface area contributed by atoms with E-state index in [0.29, 0.717) is 19.7 Å². The molecule has 5 nitrogen and oxygen atoms in total. The van der Waals surface area contributed by atoms with Gasteiger partial charge in [-0.25, -0.2) is 0 Å². The Morgan fingerprint density at radius 3 is 2.54 bits per heavy atom. The fourth-order valence-electron chi connectivity index (χ4n) is 2.58. The standard InChI is InChI=1S/C19H21N3O2/c23-10-11-24-18-9-5-4-8-16(18)12-20-13-17-14-21-22-19(17)15-6-2-1-3-7-15/h1-9,14,20,23H,10-13H2,(H,21,22). The van der Waals surface area contributed by atoms with Crippen LogP contribution in [-0.4, -0.2) is 28.5 Å². The molecule has 2 aromatic carbocycles. The molecule has 5 heteroatoms. The number of aliphatic hydroxyl groups is 1. The van der Waals surface area contributed by atoms with Crippen molar-refractivity contribution in [2.24, 2.45) is 0 Å². The third-order valence-electron chi connectivity index (χ3n) is 3.73. The quantitative estimate of drug-likeness (QED) is 0.596. The van der Waals surface area contributed by atoms with Gasteiger partial charge in [0.1, 0.15) is 12.4 Å². The van der Waals surface area contributed by atoms with Gasteiger partial charge in [-0.1, -0.05) is 48.5 Å². The number of nitrogens with zero attached hydrogens (tertiary/aromatic N) is 1. The van der Waals surface area contributed by atoms with Crippen molar-refractivity contribution in [3.05, 3.63) is 71.9 Å². The number of aromatic amines is 1. The summed E-state index contributed by atoms with van der Waals surface area (Å²) >= 11 is 0. The second-order valence-corrected chi connectivity index (χ2v) is 5.42. The lowest BCUT2D eigenvalue weighted by Gasteiger charge is -2.11. The van der Waals surface area contributed by atoms with Crippen LogP contribution < -0.4 is 10.1 Å². The predicted octanol–water partition coefficient (Wildman–Crippen LogP) is 2.74. The Balaban J connectivity index is 1.63. The van der Waals surface area contributed by atoms with Crippen LogP contribution in [0.5, 0.6) is 5.75 Å². The predicted molar refractivity (Wildman–Crippen MR) is 93.6 cm³/mol. The van der Waals surface area contributed by atoms with Gasteiger partial charge in [0.05, 0.1) is 18.5 Å². The first-order valence-electron chi connectivity index (χ1n) is 7.98. The van der Waals surface area contributed by atoms with Gasteiger partial charge in [0.2, 0.25) is 0 Å². The molecular formula is C19H21N3O2. The van der Waals surface area contributed by atoms with E-state index in [9.17, 15) is 0 Å². The van der Waals surface area contributed by atoms with Crippen LogP contribution in [0.4, 0.5) is 0 Å². The monoisotopic (exact) mass is 323 g/mol. The Bertz CT molecular complexity index is 756. The molecule has 1 heterocycles. The molecule has 3 aromatic rings. The topological polar surface area (TPSA) is 70.2 Å². The molecule has 0 bridgehead atoms. The average Bonchev–Trinajstić information content (AvgIpc) is 3.10. The lowest BCUT2D eigenvalue weighted by Crippen LogP contribution is -2.14. The molecule has 3 rings (SSSR count). The fraction of sp³-hybridized carbons (Fsp3) is 0.211. The minimum atomic E-state index is 0.0111. The van der Waals surface area contributed by atoms with Gasteiger partial charge in [-0.15, -0.1) is 0 Å². The summed E-state index contributed by atoms with van der Waals surface area (Å²) in [6, 6.07) is 18.0. The highest BCUT2D eigenvalue weighted by molar-refractivity contribution is 5.62. The van der Waals surface area contributed by atoms with Crippen molar-refractivity contribution in [1.29, 1.82) is 0 Å². The zero-order valence-electron chi connectivity index (χ0n) is 13.4. The molecular weight excluding hydrogens is 302 g/mol. The number of aromatic nitrogens is 2. The van der Waals surface area contributed by atoms with Gasteiger partial charge in [0.25, 0.3) is 0 Å². The normalized spacial score (nSPS) is 10.7. The molecule has 0 radical (unpaired) electrons. The van der Waals surface area contributed by atoms with Crippen LogP contribution in [0.25, 0.3) is 11.3 Å². The maximum Gasteiger partial charge on any atom is 0.123 e. The number of nitrogens with one attached hydrogen (secondary N) is 2. The van der Waals surface area contributed by atoms with Gasteiger partial charge >= 0.3 is 0 Å². The van der Waals surface area contributed by atoms with E-state index in [4.69, 9.17) is 9.84 Å². The van der Waals surface area contributed by atoms with Crippen molar-refractivity contribution >= 4 is 0 Å². The van der Waals surface area contributed by atoms with E-state index in [1.54, 1.807) is 0 Å². The fourth-order valence-corrected chi connectivity index (χ4v) is 2.58. The second kappa shape index (κ2) is 8.29. The first-order valence-corrected chi connectivity index (χ1v) is 7.98. The van der Waals surface area contributed by atoms with Crippen molar-refractivity contribution in [3.63, 3.8) is 0 Å². The summed E-state index contributed by atoms with van der Waals surface area (Å²) in [6.45, 7) is 1.70. The van der Waals surface area contributed by atoms with E-state index in [-0.39, 0.29) is 6.61 Å². The van der Waals surface area contributed by atoms with E-state index in [1.807, 2.05) is 48.7 Å². The highest BCUT2D eigenvalue weighted by Gasteiger charge is 2.08. The second-order valence-electron chi connectivity index (χ2n) is 5.42. The van der Waals surface area contributed by atoms with Crippen molar-refractivity contribution in [3.8, 4) is 17.0 Å². The van der Waals surface area contributed by atoms with Crippen molar-refractivity contribution in [1.82, 2.24) is 15.5 Å². The number of hydrogen-bond donors (Lipinski definition) is 3. The maximum absolute atomic E-state index is 8.91. The number of hydrogen-bond acceptors (Lipinski definition) is 4. The van der Waals surface area contributed by atoms with Gasteiger partial charge in [0.15, 0.2) is 0 Å². The summed E-state index contributed by atoms with van der Waals surface area (Å²) in [7, 11) is 0. The van der Waals surface area contributed by atoms with Gasteiger partial charge < -0.3 is 15.2 Å². The molecule has 0 fully saturated rings. The number of H-pyrrole nitrogens is 1.